The quantitative estimate of drug-likeness (QED) is 0.454. The first-order valence-electron chi connectivity index (χ1n) is 9.45. The molecule has 13 heteroatoms. The summed E-state index contributed by atoms with van der Waals surface area (Å²) in [5, 5.41) is 5.73. The standard InChI is InChI=1S/C20H19ClF2N4O5S/c1-8-6-13(22)16(23)15(9(8)2)10(3)17(19-25-26-20(29)32-19)27-33(30,31)14-5-4-11(21)7-12(14)18(24)28/h4-7,10,17,27H,1-3H3,(H2,24,28)(H,26,29)/t10-,17+/m1/s1. The number of nitrogens with one attached hydrogen (secondary N) is 2. The molecule has 0 unspecified atom stereocenters. The summed E-state index contributed by atoms with van der Waals surface area (Å²) in [5.74, 6) is -5.89. The predicted molar refractivity (Wildman–Crippen MR) is 114 cm³/mol. The van der Waals surface area contributed by atoms with Crippen molar-refractivity contribution in [1.82, 2.24) is 14.9 Å². The number of carbonyl (C=O) groups is 1. The highest BCUT2D eigenvalue weighted by atomic mass is 35.5. The van der Waals surface area contributed by atoms with Crippen LogP contribution in [-0.4, -0.2) is 24.5 Å². The molecule has 4 N–H and O–H groups in total. The normalized spacial score (nSPS) is 13.6. The van der Waals surface area contributed by atoms with Gasteiger partial charge in [-0.05, 0) is 54.8 Å². The van der Waals surface area contributed by atoms with Crippen LogP contribution in [0, 0.1) is 25.5 Å². The first-order valence-corrected chi connectivity index (χ1v) is 11.3. The van der Waals surface area contributed by atoms with Crippen molar-refractivity contribution in [2.45, 2.75) is 37.6 Å². The van der Waals surface area contributed by atoms with E-state index < -0.39 is 61.6 Å². The molecule has 0 saturated carbocycles. The average Bonchev–Trinajstić information content (AvgIpc) is 3.16. The first kappa shape index (κ1) is 24.6. The molecule has 33 heavy (non-hydrogen) atoms. The molecule has 2 aromatic carbocycles. The van der Waals surface area contributed by atoms with Crippen LogP contribution in [-0.2, 0) is 10.0 Å². The molecule has 3 aromatic rings. The summed E-state index contributed by atoms with van der Waals surface area (Å²) in [7, 11) is -4.53. The van der Waals surface area contributed by atoms with Gasteiger partial charge in [0.15, 0.2) is 11.6 Å². The maximum atomic E-state index is 14.8. The molecule has 9 nitrogen and oxygen atoms in total. The lowest BCUT2D eigenvalue weighted by molar-refractivity contribution is 0.0997. The Morgan fingerprint density at radius 1 is 1.27 bits per heavy atom. The number of benzene rings is 2. The van der Waals surface area contributed by atoms with Gasteiger partial charge in [-0.2, -0.15) is 4.72 Å². The maximum absolute atomic E-state index is 14.8. The van der Waals surface area contributed by atoms with Crippen molar-refractivity contribution >= 4 is 27.5 Å². The van der Waals surface area contributed by atoms with Crippen molar-refractivity contribution in [2.24, 2.45) is 5.73 Å². The van der Waals surface area contributed by atoms with E-state index in [1.165, 1.54) is 13.0 Å². The summed E-state index contributed by atoms with van der Waals surface area (Å²) < 4.78 is 62.6. The van der Waals surface area contributed by atoms with E-state index in [9.17, 15) is 26.8 Å². The van der Waals surface area contributed by atoms with E-state index in [-0.39, 0.29) is 10.6 Å². The number of sulfonamides is 1. The fourth-order valence-corrected chi connectivity index (χ4v) is 5.11. The van der Waals surface area contributed by atoms with Gasteiger partial charge in [0.25, 0.3) is 0 Å². The Labute approximate surface area is 192 Å². The lowest BCUT2D eigenvalue weighted by atomic mass is 9.88. The van der Waals surface area contributed by atoms with Crippen molar-refractivity contribution in [3.05, 3.63) is 79.6 Å². The van der Waals surface area contributed by atoms with Crippen molar-refractivity contribution in [1.29, 1.82) is 0 Å². The molecular formula is C20H19ClF2N4O5S. The number of aromatic amines is 1. The number of aromatic nitrogens is 2. The van der Waals surface area contributed by atoms with E-state index in [0.717, 1.165) is 18.2 Å². The largest absolute Gasteiger partial charge is 0.434 e. The van der Waals surface area contributed by atoms with Crippen LogP contribution < -0.4 is 16.2 Å². The highest BCUT2D eigenvalue weighted by Crippen LogP contribution is 2.36. The number of amides is 1. The van der Waals surface area contributed by atoms with Gasteiger partial charge in [0.1, 0.15) is 6.04 Å². The molecule has 1 amide bonds. The predicted octanol–water partition coefficient (Wildman–Crippen LogP) is 2.83. The number of halogens is 3. The minimum absolute atomic E-state index is 0.0684. The zero-order chi connectivity index (χ0) is 24.7. The van der Waals surface area contributed by atoms with E-state index in [1.807, 2.05) is 5.10 Å². The highest BCUT2D eigenvalue weighted by molar-refractivity contribution is 7.89. The van der Waals surface area contributed by atoms with Crippen molar-refractivity contribution in [3.63, 3.8) is 0 Å². The van der Waals surface area contributed by atoms with Gasteiger partial charge in [0.05, 0.1) is 10.5 Å². The second-order valence-corrected chi connectivity index (χ2v) is 9.49. The van der Waals surface area contributed by atoms with Gasteiger partial charge >= 0.3 is 5.76 Å². The van der Waals surface area contributed by atoms with Crippen molar-refractivity contribution < 1.29 is 26.4 Å². The van der Waals surface area contributed by atoms with Crippen molar-refractivity contribution in [2.75, 3.05) is 0 Å². The van der Waals surface area contributed by atoms with Crippen LogP contribution in [0.3, 0.4) is 0 Å². The van der Waals surface area contributed by atoms with Gasteiger partial charge in [-0.3, -0.25) is 4.79 Å². The maximum Gasteiger partial charge on any atom is 0.434 e. The van der Waals surface area contributed by atoms with E-state index in [0.29, 0.717) is 11.1 Å². The van der Waals surface area contributed by atoms with Gasteiger partial charge in [0.2, 0.25) is 21.8 Å². The van der Waals surface area contributed by atoms with Gasteiger partial charge < -0.3 is 10.2 Å². The fraction of sp³-hybridized carbons (Fsp3) is 0.250. The molecule has 3 rings (SSSR count). The Morgan fingerprint density at radius 3 is 2.52 bits per heavy atom. The molecule has 0 aliphatic heterocycles. The van der Waals surface area contributed by atoms with Crippen LogP contribution in [0.2, 0.25) is 5.02 Å². The highest BCUT2D eigenvalue weighted by Gasteiger charge is 2.35. The molecule has 0 aliphatic carbocycles. The van der Waals surface area contributed by atoms with Gasteiger partial charge in [-0.1, -0.05) is 18.5 Å². The van der Waals surface area contributed by atoms with Crippen LogP contribution in [0.1, 0.15) is 51.8 Å². The van der Waals surface area contributed by atoms with Gasteiger partial charge in [0, 0.05) is 10.9 Å². The Bertz CT molecular complexity index is 1380. The summed E-state index contributed by atoms with van der Waals surface area (Å²) in [5.41, 5.74) is 5.55. The third kappa shape index (κ3) is 4.82. The number of aryl methyl sites for hydroxylation is 1. The molecule has 0 fully saturated rings. The second kappa shape index (κ2) is 9.04. The molecule has 176 valence electrons. The Hall–Kier alpha value is -3.09. The molecule has 1 aromatic heterocycles. The molecule has 0 bridgehead atoms. The smallest absolute Gasteiger partial charge is 0.391 e. The van der Waals surface area contributed by atoms with Gasteiger partial charge in [-0.15, -0.1) is 5.10 Å². The Morgan fingerprint density at radius 2 is 1.94 bits per heavy atom. The lowest BCUT2D eigenvalue weighted by Crippen LogP contribution is -2.34. The third-order valence-corrected chi connectivity index (χ3v) is 6.97. The van der Waals surface area contributed by atoms with E-state index in [2.05, 4.69) is 9.82 Å². The monoisotopic (exact) mass is 500 g/mol. The third-order valence-electron chi connectivity index (χ3n) is 5.24. The van der Waals surface area contributed by atoms with Crippen LogP contribution in [0.4, 0.5) is 8.78 Å². The van der Waals surface area contributed by atoms with Crippen LogP contribution in [0.25, 0.3) is 0 Å². The number of carbonyl (C=O) groups excluding carboxylic acids is 1. The number of hydrogen-bond donors (Lipinski definition) is 3. The van der Waals surface area contributed by atoms with E-state index in [1.54, 1.807) is 13.8 Å². The second-order valence-electron chi connectivity index (χ2n) is 7.37. The number of hydrogen-bond acceptors (Lipinski definition) is 6. The molecular weight excluding hydrogens is 482 g/mol. The molecule has 0 radical (unpaired) electrons. The summed E-state index contributed by atoms with van der Waals surface area (Å²) >= 11 is 5.85. The number of nitrogens with two attached hydrogens (primary N) is 1. The summed E-state index contributed by atoms with van der Waals surface area (Å²) in [6, 6.07) is 2.91. The minimum atomic E-state index is -4.53. The number of nitrogens with zero attached hydrogens (tertiary/aromatic N) is 1. The topological polar surface area (TPSA) is 148 Å². The summed E-state index contributed by atoms with van der Waals surface area (Å²) in [4.78, 5) is 22.8. The minimum Gasteiger partial charge on any atom is -0.391 e. The number of rotatable bonds is 7. The van der Waals surface area contributed by atoms with Crippen molar-refractivity contribution in [3.8, 4) is 0 Å². The molecule has 1 heterocycles. The van der Waals surface area contributed by atoms with E-state index >= 15 is 0 Å². The van der Waals surface area contributed by atoms with Crippen LogP contribution in [0.15, 0.2) is 38.4 Å². The summed E-state index contributed by atoms with van der Waals surface area (Å²) in [6.45, 7) is 4.51. The summed E-state index contributed by atoms with van der Waals surface area (Å²) in [6.07, 6.45) is 0. The van der Waals surface area contributed by atoms with Crippen LogP contribution in [0.5, 0.6) is 0 Å². The lowest BCUT2D eigenvalue weighted by Gasteiger charge is -2.25. The molecule has 0 aliphatic rings. The zero-order valence-electron chi connectivity index (χ0n) is 17.6. The Balaban J connectivity index is 2.17. The average molecular weight is 501 g/mol. The first-order chi connectivity index (χ1) is 15.3. The molecule has 0 spiro atoms. The molecule has 2 atom stereocenters. The fourth-order valence-electron chi connectivity index (χ4n) is 3.48. The SMILES string of the molecule is Cc1cc(F)c(F)c([C@@H](C)[C@H](NS(=O)(=O)c2ccc(Cl)cc2C(N)=O)c2n[nH]c(=O)o2)c1C. The number of primary amides is 1. The Kier molecular flexibility index (Phi) is 6.73. The number of H-pyrrole nitrogens is 1. The molecule has 0 saturated heterocycles. The van der Waals surface area contributed by atoms with E-state index in [4.69, 9.17) is 21.8 Å². The zero-order valence-corrected chi connectivity index (χ0v) is 19.1. The van der Waals surface area contributed by atoms with Crippen LogP contribution >= 0.6 is 11.6 Å². The van der Waals surface area contributed by atoms with Gasteiger partial charge in [-0.25, -0.2) is 27.1 Å².